The number of nitrogens with one attached hydrogen (secondary N) is 2. The van der Waals surface area contributed by atoms with Crippen LogP contribution in [-0.2, 0) is 6.54 Å². The summed E-state index contributed by atoms with van der Waals surface area (Å²) >= 11 is 0. The van der Waals surface area contributed by atoms with E-state index < -0.39 is 0 Å². The van der Waals surface area contributed by atoms with E-state index in [4.69, 9.17) is 5.10 Å². The van der Waals surface area contributed by atoms with Crippen molar-refractivity contribution in [2.75, 3.05) is 25.0 Å². The highest BCUT2D eigenvalue weighted by molar-refractivity contribution is 14.0. The molecule has 2 aliphatic rings. The van der Waals surface area contributed by atoms with E-state index in [0.717, 1.165) is 24.6 Å². The van der Waals surface area contributed by atoms with Gasteiger partial charge in [-0.15, -0.1) is 24.0 Å². The fourth-order valence-corrected chi connectivity index (χ4v) is 4.09. The monoisotopic (exact) mass is 513 g/mol. The number of hydrogen-bond donors (Lipinski definition) is 2. The first-order valence-electron chi connectivity index (χ1n) is 10.1. The number of halogens is 2. The first kappa shape index (κ1) is 21.8. The van der Waals surface area contributed by atoms with Crippen LogP contribution in [0.15, 0.2) is 35.6 Å². The van der Waals surface area contributed by atoms with Crippen molar-refractivity contribution < 1.29 is 4.39 Å². The molecule has 3 heterocycles. The Labute approximate surface area is 188 Å². The zero-order valence-corrected chi connectivity index (χ0v) is 19.1. The topological polar surface area (TPSA) is 70.4 Å². The van der Waals surface area contributed by atoms with Crippen molar-refractivity contribution in [1.29, 1.82) is 0 Å². The quantitative estimate of drug-likeness (QED) is 0.366. The van der Waals surface area contributed by atoms with Crippen LogP contribution >= 0.6 is 24.0 Å². The van der Waals surface area contributed by atoms with E-state index in [1.807, 2.05) is 4.90 Å². The maximum absolute atomic E-state index is 14.0. The van der Waals surface area contributed by atoms with Crippen molar-refractivity contribution in [1.82, 2.24) is 25.4 Å². The Hall–Kier alpha value is -1.91. The Morgan fingerprint density at radius 3 is 2.86 bits per heavy atom. The van der Waals surface area contributed by atoms with Gasteiger partial charge in [0.15, 0.2) is 17.6 Å². The number of rotatable bonds is 5. The number of hydrogen-bond acceptors (Lipinski definition) is 4. The van der Waals surface area contributed by atoms with Gasteiger partial charge in [0.05, 0.1) is 18.3 Å². The lowest BCUT2D eigenvalue weighted by molar-refractivity contribution is 0.462. The smallest absolute Gasteiger partial charge is 0.191 e. The van der Waals surface area contributed by atoms with E-state index in [0.29, 0.717) is 24.9 Å². The molecule has 0 radical (unpaired) electrons. The van der Waals surface area contributed by atoms with Crippen LogP contribution in [0.4, 0.5) is 10.2 Å². The van der Waals surface area contributed by atoms with Gasteiger partial charge in [-0.25, -0.2) is 9.37 Å². The Bertz CT molecular complexity index is 819. The van der Waals surface area contributed by atoms with Gasteiger partial charge in [-0.05, 0) is 37.5 Å². The molecular formula is C20H29FIN7. The molecule has 1 aliphatic heterocycles. The van der Waals surface area contributed by atoms with Crippen LogP contribution in [0.5, 0.6) is 0 Å². The average molecular weight is 513 g/mol. The fourth-order valence-electron chi connectivity index (χ4n) is 4.09. The Morgan fingerprint density at radius 1 is 1.28 bits per heavy atom. The van der Waals surface area contributed by atoms with Gasteiger partial charge in [-0.2, -0.15) is 5.10 Å². The second-order valence-electron chi connectivity index (χ2n) is 7.54. The molecule has 1 saturated carbocycles. The lowest BCUT2D eigenvalue weighted by Gasteiger charge is -2.19. The van der Waals surface area contributed by atoms with Crippen LogP contribution in [0.25, 0.3) is 0 Å². The van der Waals surface area contributed by atoms with E-state index >= 15 is 0 Å². The molecular weight excluding hydrogens is 484 g/mol. The predicted molar refractivity (Wildman–Crippen MR) is 123 cm³/mol. The van der Waals surface area contributed by atoms with Crippen LogP contribution in [0.1, 0.15) is 43.8 Å². The summed E-state index contributed by atoms with van der Waals surface area (Å²) in [4.78, 5) is 10.5. The van der Waals surface area contributed by atoms with Gasteiger partial charge in [0.25, 0.3) is 0 Å². The number of anilines is 1. The first-order valence-corrected chi connectivity index (χ1v) is 10.1. The summed E-state index contributed by atoms with van der Waals surface area (Å²) in [5.41, 5.74) is 1.01. The number of aliphatic imine (C=N–C) groups is 1. The highest BCUT2D eigenvalue weighted by atomic mass is 127. The van der Waals surface area contributed by atoms with Crippen LogP contribution < -0.4 is 15.5 Å². The Balaban J connectivity index is 0.00000240. The molecule has 0 amide bonds. The summed E-state index contributed by atoms with van der Waals surface area (Å²) in [5, 5.41) is 11.5. The van der Waals surface area contributed by atoms with Crippen LogP contribution in [0, 0.1) is 5.82 Å². The summed E-state index contributed by atoms with van der Waals surface area (Å²) in [6.07, 6.45) is 9.68. The molecule has 4 rings (SSSR count). The molecule has 0 spiro atoms. The molecule has 1 saturated heterocycles. The number of pyridine rings is 1. The molecule has 1 aliphatic carbocycles. The van der Waals surface area contributed by atoms with Gasteiger partial charge in [0.1, 0.15) is 0 Å². The lowest BCUT2D eigenvalue weighted by Crippen LogP contribution is -2.44. The maximum Gasteiger partial charge on any atom is 0.191 e. The normalized spacial score (nSPS) is 20.0. The summed E-state index contributed by atoms with van der Waals surface area (Å²) in [5.74, 6) is 0.888. The first-order chi connectivity index (χ1) is 13.7. The van der Waals surface area contributed by atoms with E-state index in [1.165, 1.54) is 31.7 Å². The fraction of sp³-hybridized carbons (Fsp3) is 0.550. The van der Waals surface area contributed by atoms with Gasteiger partial charge in [-0.1, -0.05) is 12.8 Å². The highest BCUT2D eigenvalue weighted by Gasteiger charge is 2.26. The number of nitrogens with zero attached hydrogens (tertiary/aromatic N) is 5. The van der Waals surface area contributed by atoms with Crippen molar-refractivity contribution in [3.05, 3.63) is 42.1 Å². The maximum atomic E-state index is 14.0. The number of aromatic nitrogens is 3. The highest BCUT2D eigenvalue weighted by Crippen LogP contribution is 2.28. The second-order valence-corrected chi connectivity index (χ2v) is 7.54. The van der Waals surface area contributed by atoms with Crippen LogP contribution in [-0.4, -0.2) is 46.9 Å². The molecule has 2 aromatic rings. The third-order valence-electron chi connectivity index (χ3n) is 5.59. The molecule has 0 bridgehead atoms. The Morgan fingerprint density at radius 2 is 2.10 bits per heavy atom. The SMILES string of the molecule is CN=C(NCc1ccn(C2CCCC2)n1)NC1CCN(c2ncccc2F)C1.I. The van der Waals surface area contributed by atoms with E-state index in [1.54, 1.807) is 19.3 Å². The predicted octanol–water partition coefficient (Wildman–Crippen LogP) is 3.09. The molecule has 9 heteroatoms. The second kappa shape index (κ2) is 10.2. The van der Waals surface area contributed by atoms with E-state index in [9.17, 15) is 4.39 Å². The summed E-state index contributed by atoms with van der Waals surface area (Å²) in [7, 11) is 1.76. The minimum atomic E-state index is -0.275. The third-order valence-corrected chi connectivity index (χ3v) is 5.59. The van der Waals surface area contributed by atoms with Crippen LogP contribution in [0.3, 0.4) is 0 Å². The Kier molecular flexibility index (Phi) is 7.68. The zero-order valence-electron chi connectivity index (χ0n) is 16.7. The standard InChI is InChI=1S/C20H28FN7.HI/c1-22-20(24-13-15-9-12-28(26-15)17-5-2-3-6-17)25-16-8-11-27(14-16)19-18(21)7-4-10-23-19;/h4,7,9-10,12,16-17H,2-3,5-6,8,11,13-14H2,1H3,(H2,22,24,25);1H. The molecule has 7 nitrogen and oxygen atoms in total. The lowest BCUT2D eigenvalue weighted by atomic mass is 10.3. The van der Waals surface area contributed by atoms with Crippen molar-refractivity contribution >= 4 is 35.8 Å². The summed E-state index contributed by atoms with van der Waals surface area (Å²) in [6, 6.07) is 5.89. The van der Waals surface area contributed by atoms with Crippen molar-refractivity contribution in [2.45, 2.75) is 50.7 Å². The molecule has 2 aromatic heterocycles. The van der Waals surface area contributed by atoms with Crippen LogP contribution in [0.2, 0.25) is 0 Å². The summed E-state index contributed by atoms with van der Waals surface area (Å²) in [6.45, 7) is 2.10. The van der Waals surface area contributed by atoms with Crippen molar-refractivity contribution in [3.8, 4) is 0 Å². The molecule has 2 fully saturated rings. The van der Waals surface area contributed by atoms with E-state index in [-0.39, 0.29) is 35.8 Å². The summed E-state index contributed by atoms with van der Waals surface area (Å²) < 4.78 is 16.1. The minimum absolute atomic E-state index is 0. The average Bonchev–Trinajstić information content (AvgIpc) is 3.46. The van der Waals surface area contributed by atoms with Gasteiger partial charge in [0, 0.05) is 38.6 Å². The minimum Gasteiger partial charge on any atom is -0.352 e. The van der Waals surface area contributed by atoms with Crippen molar-refractivity contribution in [3.63, 3.8) is 0 Å². The van der Waals surface area contributed by atoms with Gasteiger partial charge in [-0.3, -0.25) is 9.67 Å². The van der Waals surface area contributed by atoms with Gasteiger partial charge < -0.3 is 15.5 Å². The molecule has 29 heavy (non-hydrogen) atoms. The van der Waals surface area contributed by atoms with Gasteiger partial charge >= 0.3 is 0 Å². The molecule has 1 unspecified atom stereocenters. The zero-order chi connectivity index (χ0) is 19.3. The van der Waals surface area contributed by atoms with Crippen molar-refractivity contribution in [2.24, 2.45) is 4.99 Å². The molecule has 0 aromatic carbocycles. The molecule has 158 valence electrons. The third kappa shape index (κ3) is 5.37. The number of guanidine groups is 1. The van der Waals surface area contributed by atoms with Gasteiger partial charge in [0.2, 0.25) is 0 Å². The molecule has 2 N–H and O–H groups in total. The molecule has 1 atom stereocenters. The largest absolute Gasteiger partial charge is 0.352 e. The van der Waals surface area contributed by atoms with E-state index in [2.05, 4.69) is 37.6 Å².